The number of nitrogens with two attached hydrogens (primary N) is 1. The number of fused-ring (bicyclic) bond motifs is 1. The van der Waals surface area contributed by atoms with Crippen molar-refractivity contribution in [2.24, 2.45) is 5.11 Å². The Balaban J connectivity index is 2.11. The molecule has 3 rings (SSSR count). The summed E-state index contributed by atoms with van der Waals surface area (Å²) >= 11 is 0. The second-order valence-electron chi connectivity index (χ2n) is 5.00. The molecule has 1 aliphatic heterocycles. The van der Waals surface area contributed by atoms with Crippen LogP contribution in [0.5, 0.6) is 0 Å². The zero-order chi connectivity index (χ0) is 16.1. The predicted molar refractivity (Wildman–Crippen MR) is 67.8 cm³/mol. The number of aromatic nitrogens is 3. The fraction of sp³-hybridized carbons (Fsp3) is 0.455. The Morgan fingerprint density at radius 1 is 1.59 bits per heavy atom. The average Bonchev–Trinajstić information content (AvgIpc) is 2.95. The molecule has 0 saturated carbocycles. The number of aliphatic hydroxyl groups is 1. The highest BCUT2D eigenvalue weighted by atomic mass is 19.1. The Morgan fingerprint density at radius 3 is 3.00 bits per heavy atom. The van der Waals surface area contributed by atoms with Crippen molar-refractivity contribution in [3.8, 4) is 0 Å². The minimum absolute atomic E-state index is 0.110. The number of anilines is 1. The van der Waals surface area contributed by atoms with Gasteiger partial charge < -0.3 is 15.6 Å². The topological polar surface area (TPSA) is 136 Å². The molecular formula is C11H12F2N7O2+. The lowest BCUT2D eigenvalue weighted by Crippen LogP contribution is -2.37. The molecule has 0 unspecified atom stereocenters. The van der Waals surface area contributed by atoms with E-state index in [1.54, 1.807) is 0 Å². The highest BCUT2D eigenvalue weighted by Crippen LogP contribution is 2.42. The maximum absolute atomic E-state index is 14.4. The van der Waals surface area contributed by atoms with Crippen LogP contribution in [0.25, 0.3) is 5.52 Å². The molecule has 4 N–H and O–H groups in total. The number of rotatable bonds is 2. The normalized spacial score (nSPS) is 31.4. The van der Waals surface area contributed by atoms with Crippen LogP contribution in [0.15, 0.2) is 17.2 Å². The van der Waals surface area contributed by atoms with Crippen molar-refractivity contribution in [2.45, 2.75) is 31.0 Å². The fourth-order valence-corrected chi connectivity index (χ4v) is 2.49. The molecule has 9 nitrogen and oxygen atoms in total. The second-order valence-corrected chi connectivity index (χ2v) is 5.00. The van der Waals surface area contributed by atoms with E-state index in [1.165, 1.54) is 19.1 Å². The van der Waals surface area contributed by atoms with E-state index in [0.717, 1.165) is 4.52 Å². The molecule has 0 radical (unpaired) electrons. The maximum atomic E-state index is 14.4. The van der Waals surface area contributed by atoms with E-state index in [0.29, 0.717) is 0 Å². The number of hydrogen-bond acceptors (Lipinski definition) is 7. The van der Waals surface area contributed by atoms with Crippen molar-refractivity contribution in [1.82, 2.24) is 19.5 Å². The van der Waals surface area contributed by atoms with E-state index < -0.39 is 30.2 Å². The fourth-order valence-electron chi connectivity index (χ4n) is 2.49. The first kappa shape index (κ1) is 14.4. The molecule has 0 spiro atoms. The van der Waals surface area contributed by atoms with Crippen molar-refractivity contribution in [1.29, 1.82) is 5.53 Å². The quantitative estimate of drug-likeness (QED) is 0.547. The van der Waals surface area contributed by atoms with Crippen molar-refractivity contribution in [3.05, 3.63) is 23.9 Å². The van der Waals surface area contributed by atoms with E-state index in [2.05, 4.69) is 20.1 Å². The van der Waals surface area contributed by atoms with Crippen LogP contribution >= 0.6 is 0 Å². The van der Waals surface area contributed by atoms with Crippen molar-refractivity contribution in [3.63, 3.8) is 0 Å². The molecule has 0 bridgehead atoms. The van der Waals surface area contributed by atoms with Gasteiger partial charge in [0, 0.05) is 0 Å². The van der Waals surface area contributed by atoms with Crippen molar-refractivity contribution >= 4 is 11.3 Å². The van der Waals surface area contributed by atoms with Crippen LogP contribution in [0.3, 0.4) is 0 Å². The summed E-state index contributed by atoms with van der Waals surface area (Å²) in [5.41, 5.74) is 11.0. The summed E-state index contributed by atoms with van der Waals surface area (Å²) in [6.07, 6.45) is -5.86. The number of halogens is 2. The molecule has 116 valence electrons. The Morgan fingerprint density at radius 2 is 2.32 bits per heavy atom. The minimum atomic E-state index is -1.87. The molecule has 4 atom stereocenters. The summed E-state index contributed by atoms with van der Waals surface area (Å²) in [5, 5.41) is 16.9. The maximum Gasteiger partial charge on any atom is 0.327 e. The van der Waals surface area contributed by atoms with Crippen LogP contribution in [-0.2, 0) is 4.74 Å². The first-order valence-corrected chi connectivity index (χ1v) is 6.26. The van der Waals surface area contributed by atoms with Gasteiger partial charge in [0.25, 0.3) is 5.72 Å². The lowest BCUT2D eigenvalue weighted by atomic mass is 10.0. The highest BCUT2D eigenvalue weighted by Gasteiger charge is 2.57. The summed E-state index contributed by atoms with van der Waals surface area (Å²) < 4.78 is 34.2. The van der Waals surface area contributed by atoms with Gasteiger partial charge in [0.2, 0.25) is 4.91 Å². The minimum Gasteiger partial charge on any atom is -0.385 e. The number of nitrogens with zero attached hydrogens (tertiary/aromatic N) is 5. The van der Waals surface area contributed by atoms with E-state index in [9.17, 15) is 13.9 Å². The lowest BCUT2D eigenvalue weighted by molar-refractivity contribution is -0.0713. The molecule has 1 aliphatic rings. The molecular weight excluding hydrogens is 300 g/mol. The number of nitrogens with one attached hydrogen (secondary N) is 1. The zero-order valence-corrected chi connectivity index (χ0v) is 11.3. The molecule has 11 heteroatoms. The van der Waals surface area contributed by atoms with E-state index in [1.807, 2.05) is 0 Å². The number of hydrogen-bond donors (Lipinski definition) is 3. The first-order valence-electron chi connectivity index (χ1n) is 6.26. The van der Waals surface area contributed by atoms with E-state index in [4.69, 9.17) is 16.0 Å². The molecule has 1 fully saturated rings. The van der Waals surface area contributed by atoms with E-state index >= 15 is 0 Å². The standard InChI is InChI=1S/C11H12F2N7O2/c1-11(18-19-15)8(21)6(12)7(22-11)4-2-3-5-9(14)16-10(13)17-20(4)5/h2-3,6-8,15,21H,1H3,(H2,14,16,17)/q+1/t6-,7-,8-,11+/m0/s1. The third-order valence-corrected chi connectivity index (χ3v) is 3.59. The molecule has 0 amide bonds. The second kappa shape index (κ2) is 4.77. The van der Waals surface area contributed by atoms with Gasteiger partial charge in [0.05, 0.1) is 5.69 Å². The van der Waals surface area contributed by atoms with Gasteiger partial charge in [0.1, 0.15) is 23.3 Å². The molecule has 2 aromatic rings. The summed E-state index contributed by atoms with van der Waals surface area (Å²) in [5.74, 6) is -0.110. The van der Waals surface area contributed by atoms with Crippen LogP contribution in [0.1, 0.15) is 18.7 Å². The van der Waals surface area contributed by atoms with Gasteiger partial charge in [-0.3, -0.25) is 0 Å². The molecule has 3 heterocycles. The smallest absolute Gasteiger partial charge is 0.327 e. The number of ether oxygens (including phenoxy) is 1. The summed E-state index contributed by atoms with van der Waals surface area (Å²) in [4.78, 5) is 6.16. The van der Waals surface area contributed by atoms with Crippen LogP contribution in [-0.4, -0.2) is 37.7 Å². The van der Waals surface area contributed by atoms with Gasteiger partial charge >= 0.3 is 6.08 Å². The Kier molecular flexibility index (Phi) is 3.13. The van der Waals surface area contributed by atoms with Crippen LogP contribution < -0.4 is 10.6 Å². The average molecular weight is 312 g/mol. The molecule has 2 aromatic heterocycles. The lowest BCUT2D eigenvalue weighted by Gasteiger charge is -2.14. The van der Waals surface area contributed by atoms with Crippen LogP contribution in [0, 0.1) is 11.6 Å². The largest absolute Gasteiger partial charge is 0.385 e. The number of alkyl halides is 1. The zero-order valence-electron chi connectivity index (χ0n) is 11.3. The summed E-state index contributed by atoms with van der Waals surface area (Å²) in [6.45, 7) is 1.29. The van der Waals surface area contributed by atoms with Gasteiger partial charge in [0.15, 0.2) is 17.1 Å². The monoisotopic (exact) mass is 312 g/mol. The molecule has 22 heavy (non-hydrogen) atoms. The van der Waals surface area contributed by atoms with Gasteiger partial charge in [-0.2, -0.15) is 9.37 Å². The van der Waals surface area contributed by atoms with Gasteiger partial charge in [-0.25, -0.2) is 8.91 Å². The molecule has 1 saturated heterocycles. The summed E-state index contributed by atoms with van der Waals surface area (Å²) in [7, 11) is 0. The first-order chi connectivity index (χ1) is 10.4. The van der Waals surface area contributed by atoms with Crippen molar-refractivity contribution in [2.75, 3.05) is 5.73 Å². The predicted octanol–water partition coefficient (Wildman–Crippen LogP) is 0.487. The number of aliphatic hydroxyl groups excluding tert-OH is 1. The number of nitrogen functional groups attached to an aromatic ring is 1. The third kappa shape index (κ3) is 1.95. The van der Waals surface area contributed by atoms with Gasteiger partial charge in [-0.1, -0.05) is 0 Å². The van der Waals surface area contributed by atoms with E-state index in [-0.39, 0.29) is 17.0 Å². The van der Waals surface area contributed by atoms with Crippen LogP contribution in [0.4, 0.5) is 14.6 Å². The summed E-state index contributed by atoms with van der Waals surface area (Å²) in [6, 6.07) is 2.92. The van der Waals surface area contributed by atoms with Gasteiger partial charge in [-0.15, -0.1) is 5.10 Å². The van der Waals surface area contributed by atoms with Crippen LogP contribution in [0.2, 0.25) is 0 Å². The molecule has 0 aliphatic carbocycles. The highest BCUT2D eigenvalue weighted by molar-refractivity contribution is 5.65. The Labute approximate surface area is 121 Å². The molecule has 0 aromatic carbocycles. The SMILES string of the molecule is C[C@@]1(N=[N+]=N)O[C@@H](c2ccc3c(N)nc(F)nn23)[C@H](F)[C@@H]1O. The van der Waals surface area contributed by atoms with Gasteiger partial charge in [-0.05, 0) is 19.1 Å². The third-order valence-electron chi connectivity index (χ3n) is 3.59. The van der Waals surface area contributed by atoms with Crippen molar-refractivity contribution < 1.29 is 18.6 Å². The Bertz CT molecular complexity index is 790. The Hall–Kier alpha value is -2.49.